The Balaban J connectivity index is 1.32. The van der Waals surface area contributed by atoms with Crippen molar-refractivity contribution in [1.29, 1.82) is 0 Å². The van der Waals surface area contributed by atoms with Crippen molar-refractivity contribution in [2.75, 3.05) is 51.3 Å². The van der Waals surface area contributed by atoms with Crippen LogP contribution in [0.4, 0.5) is 5.69 Å². The van der Waals surface area contributed by atoms with Gasteiger partial charge in [0.15, 0.2) is 0 Å². The molecule has 30 heavy (non-hydrogen) atoms. The number of rotatable bonds is 5. The Labute approximate surface area is 178 Å². The summed E-state index contributed by atoms with van der Waals surface area (Å²) in [5, 5.41) is 0. The van der Waals surface area contributed by atoms with Crippen molar-refractivity contribution in [3.05, 3.63) is 60.4 Å². The predicted molar refractivity (Wildman–Crippen MR) is 120 cm³/mol. The highest BCUT2D eigenvalue weighted by molar-refractivity contribution is 5.91. The molecular weight excluding hydrogens is 376 g/mol. The third kappa shape index (κ3) is 4.82. The van der Waals surface area contributed by atoms with Crippen LogP contribution >= 0.6 is 0 Å². The molecule has 1 atom stereocenters. The number of methoxy groups -OCH3 is 1. The van der Waals surface area contributed by atoms with E-state index in [2.05, 4.69) is 26.9 Å². The molecule has 0 unspecified atom stereocenters. The summed E-state index contributed by atoms with van der Waals surface area (Å²) >= 11 is 0. The minimum absolute atomic E-state index is 0.0937. The number of nitrogens with zero attached hydrogens (tertiary/aromatic N) is 4. The summed E-state index contributed by atoms with van der Waals surface area (Å²) < 4.78 is 5.53. The second-order valence-corrected chi connectivity index (χ2v) is 7.89. The highest BCUT2D eigenvalue weighted by Crippen LogP contribution is 2.29. The normalized spacial score (nSPS) is 20.5. The van der Waals surface area contributed by atoms with Crippen molar-refractivity contribution in [2.24, 2.45) is 0 Å². The smallest absolute Gasteiger partial charge is 0.246 e. The Hall–Kier alpha value is -2.86. The molecule has 2 aliphatic heterocycles. The lowest BCUT2D eigenvalue weighted by atomic mass is 10.0. The number of aromatic nitrogens is 1. The molecule has 0 bridgehead atoms. The first kappa shape index (κ1) is 20.4. The quantitative estimate of drug-likeness (QED) is 0.715. The molecule has 0 aliphatic carbocycles. The average Bonchev–Trinajstić information content (AvgIpc) is 2.83. The maximum atomic E-state index is 12.7. The number of hydrogen-bond acceptors (Lipinski definition) is 5. The van der Waals surface area contributed by atoms with Crippen LogP contribution in [-0.4, -0.2) is 73.1 Å². The molecule has 0 spiro atoms. The third-order valence-electron chi connectivity index (χ3n) is 6.07. The summed E-state index contributed by atoms with van der Waals surface area (Å²) in [6.07, 6.45) is 9.25. The number of para-hydroxylation sites is 2. The number of carbonyl (C=O) groups excluding carboxylic acids is 1. The Morgan fingerprint density at radius 2 is 1.93 bits per heavy atom. The molecular formula is C24H30N4O2. The van der Waals surface area contributed by atoms with Crippen molar-refractivity contribution >= 4 is 17.7 Å². The molecule has 6 nitrogen and oxygen atoms in total. The summed E-state index contributed by atoms with van der Waals surface area (Å²) in [5.74, 6) is 1.03. The third-order valence-corrected chi connectivity index (χ3v) is 6.07. The molecule has 2 saturated heterocycles. The number of anilines is 1. The summed E-state index contributed by atoms with van der Waals surface area (Å²) in [5.41, 5.74) is 2.12. The van der Waals surface area contributed by atoms with Crippen LogP contribution in [0.3, 0.4) is 0 Å². The minimum atomic E-state index is 0.0937. The summed E-state index contributed by atoms with van der Waals surface area (Å²) in [6.45, 7) is 5.63. The number of benzene rings is 1. The molecule has 6 heteroatoms. The lowest BCUT2D eigenvalue weighted by Crippen LogP contribution is -2.55. The van der Waals surface area contributed by atoms with Crippen molar-refractivity contribution in [2.45, 2.75) is 18.9 Å². The van der Waals surface area contributed by atoms with Gasteiger partial charge in [0.25, 0.3) is 0 Å². The van der Waals surface area contributed by atoms with Gasteiger partial charge >= 0.3 is 0 Å². The maximum absolute atomic E-state index is 12.7. The number of piperidine rings is 1. The zero-order valence-corrected chi connectivity index (χ0v) is 17.6. The van der Waals surface area contributed by atoms with Gasteiger partial charge in [-0.15, -0.1) is 0 Å². The highest BCUT2D eigenvalue weighted by Gasteiger charge is 2.29. The molecule has 0 N–H and O–H groups in total. The lowest BCUT2D eigenvalue weighted by molar-refractivity contribution is -0.128. The fourth-order valence-corrected chi connectivity index (χ4v) is 4.42. The molecule has 1 amide bonds. The Kier molecular flexibility index (Phi) is 6.64. The van der Waals surface area contributed by atoms with Crippen molar-refractivity contribution in [3.8, 4) is 5.75 Å². The Morgan fingerprint density at radius 3 is 2.70 bits per heavy atom. The molecule has 2 aliphatic rings. The number of likely N-dealkylation sites (tertiary alicyclic amines) is 1. The predicted octanol–water partition coefficient (Wildman–Crippen LogP) is 2.92. The van der Waals surface area contributed by atoms with Crippen LogP contribution < -0.4 is 9.64 Å². The molecule has 1 aromatic carbocycles. The van der Waals surface area contributed by atoms with Gasteiger partial charge in [0.05, 0.1) is 12.8 Å². The van der Waals surface area contributed by atoms with Crippen LogP contribution in [0, 0.1) is 0 Å². The highest BCUT2D eigenvalue weighted by atomic mass is 16.5. The Bertz CT molecular complexity index is 863. The standard InChI is InChI=1S/C24H30N4O2/c1-30-23-9-3-2-8-22(23)27-16-14-26(15-17-27)21-7-5-13-28(19-21)24(29)11-10-20-6-4-12-25-18-20/h2-4,6,8-12,18,21H,5,7,13-17,19H2,1H3/b11-10+/t21-/m0/s1. The van der Waals surface area contributed by atoms with E-state index in [1.165, 1.54) is 5.69 Å². The van der Waals surface area contributed by atoms with Gasteiger partial charge in [-0.2, -0.15) is 0 Å². The van der Waals surface area contributed by atoms with E-state index < -0.39 is 0 Å². The fraction of sp³-hybridized carbons (Fsp3) is 0.417. The van der Waals surface area contributed by atoms with E-state index in [-0.39, 0.29) is 5.91 Å². The van der Waals surface area contributed by atoms with Crippen molar-refractivity contribution < 1.29 is 9.53 Å². The van der Waals surface area contributed by atoms with Crippen LogP contribution in [-0.2, 0) is 4.79 Å². The molecule has 158 valence electrons. The van der Waals surface area contributed by atoms with Crippen LogP contribution in [0.5, 0.6) is 5.75 Å². The SMILES string of the molecule is COc1ccccc1N1CCN([C@H]2CCCN(C(=O)/C=C/c3cccnc3)C2)CC1. The number of pyridine rings is 1. The molecule has 3 heterocycles. The van der Waals surface area contributed by atoms with Gasteiger partial charge in [-0.3, -0.25) is 14.7 Å². The summed E-state index contributed by atoms with van der Waals surface area (Å²) in [4.78, 5) is 23.7. The van der Waals surface area contributed by atoms with Gasteiger partial charge < -0.3 is 14.5 Å². The van der Waals surface area contributed by atoms with Crippen LogP contribution in [0.25, 0.3) is 6.08 Å². The van der Waals surface area contributed by atoms with E-state index in [4.69, 9.17) is 4.74 Å². The Morgan fingerprint density at radius 1 is 1.10 bits per heavy atom. The minimum Gasteiger partial charge on any atom is -0.495 e. The van der Waals surface area contributed by atoms with E-state index in [1.807, 2.05) is 35.2 Å². The number of piperazine rings is 1. The molecule has 2 fully saturated rings. The molecule has 4 rings (SSSR count). The number of ether oxygens (including phenoxy) is 1. The largest absolute Gasteiger partial charge is 0.495 e. The first-order chi connectivity index (χ1) is 14.7. The fourth-order valence-electron chi connectivity index (χ4n) is 4.42. The molecule has 0 radical (unpaired) electrons. The van der Waals surface area contributed by atoms with E-state index in [0.717, 1.165) is 63.4 Å². The van der Waals surface area contributed by atoms with E-state index in [9.17, 15) is 4.79 Å². The molecule has 1 aromatic heterocycles. The van der Waals surface area contributed by atoms with Gasteiger partial charge in [-0.25, -0.2) is 0 Å². The van der Waals surface area contributed by atoms with E-state index >= 15 is 0 Å². The monoisotopic (exact) mass is 406 g/mol. The topological polar surface area (TPSA) is 48.9 Å². The zero-order chi connectivity index (χ0) is 20.8. The molecule has 0 saturated carbocycles. The van der Waals surface area contributed by atoms with E-state index in [1.54, 1.807) is 25.6 Å². The second-order valence-electron chi connectivity index (χ2n) is 7.89. The van der Waals surface area contributed by atoms with Gasteiger partial charge in [0.1, 0.15) is 5.75 Å². The number of hydrogen-bond donors (Lipinski definition) is 0. The van der Waals surface area contributed by atoms with Gasteiger partial charge in [0.2, 0.25) is 5.91 Å². The van der Waals surface area contributed by atoms with Crippen molar-refractivity contribution in [3.63, 3.8) is 0 Å². The van der Waals surface area contributed by atoms with E-state index in [0.29, 0.717) is 6.04 Å². The first-order valence-electron chi connectivity index (χ1n) is 10.7. The number of amides is 1. The van der Waals surface area contributed by atoms with Gasteiger partial charge in [0, 0.05) is 63.8 Å². The maximum Gasteiger partial charge on any atom is 0.246 e. The second kappa shape index (κ2) is 9.76. The first-order valence-corrected chi connectivity index (χ1v) is 10.7. The summed E-state index contributed by atoms with van der Waals surface area (Å²) in [7, 11) is 1.73. The van der Waals surface area contributed by atoms with Crippen LogP contribution in [0.1, 0.15) is 18.4 Å². The average molecular weight is 407 g/mol. The molecule has 2 aromatic rings. The summed E-state index contributed by atoms with van der Waals surface area (Å²) in [6, 6.07) is 12.5. The van der Waals surface area contributed by atoms with Crippen LogP contribution in [0.15, 0.2) is 54.9 Å². The van der Waals surface area contributed by atoms with Crippen LogP contribution in [0.2, 0.25) is 0 Å². The number of carbonyl (C=O) groups is 1. The van der Waals surface area contributed by atoms with Gasteiger partial charge in [-0.1, -0.05) is 18.2 Å². The zero-order valence-electron chi connectivity index (χ0n) is 17.6. The lowest BCUT2D eigenvalue weighted by Gasteiger charge is -2.44. The van der Waals surface area contributed by atoms with Crippen molar-refractivity contribution in [1.82, 2.24) is 14.8 Å². The van der Waals surface area contributed by atoms with Gasteiger partial charge in [-0.05, 0) is 42.7 Å².